The van der Waals surface area contributed by atoms with Gasteiger partial charge >= 0.3 is 0 Å². The van der Waals surface area contributed by atoms with E-state index in [0.29, 0.717) is 11.2 Å². The Balaban J connectivity index is 1.69. The molecule has 1 spiro atoms. The Morgan fingerprint density at radius 1 is 1.14 bits per heavy atom. The summed E-state index contributed by atoms with van der Waals surface area (Å²) >= 11 is 0. The van der Waals surface area contributed by atoms with Gasteiger partial charge in [0, 0.05) is 12.0 Å². The van der Waals surface area contributed by atoms with Crippen LogP contribution in [0, 0.1) is 22.7 Å². The third kappa shape index (κ3) is 2.81. The molecule has 120 valence electrons. The van der Waals surface area contributed by atoms with Crippen molar-refractivity contribution in [2.45, 2.75) is 78.7 Å². The zero-order chi connectivity index (χ0) is 15.3. The zero-order valence-electron chi connectivity index (χ0n) is 14.5. The topological polar surface area (TPSA) is 20.3 Å². The molecule has 2 heteroatoms. The monoisotopic (exact) mass is 291 g/mol. The number of ketones is 1. The van der Waals surface area contributed by atoms with Crippen LogP contribution in [-0.2, 0) is 4.79 Å². The highest BCUT2D eigenvalue weighted by Gasteiger charge is 2.62. The smallest absolute Gasteiger partial charge is 0.155 e. The average molecular weight is 291 g/mol. The van der Waals surface area contributed by atoms with Gasteiger partial charge in [0.25, 0.3) is 0 Å². The number of likely N-dealkylation sites (N-methyl/N-ethyl adjacent to an activating group) is 1. The van der Waals surface area contributed by atoms with Crippen LogP contribution < -0.4 is 0 Å². The summed E-state index contributed by atoms with van der Waals surface area (Å²) in [6.45, 7) is 10.7. The Hall–Kier alpha value is -0.370. The van der Waals surface area contributed by atoms with Crippen molar-refractivity contribution >= 4 is 5.78 Å². The number of nitrogens with zero attached hydrogens (tertiary/aromatic N) is 1. The second-order valence-corrected chi connectivity index (χ2v) is 8.97. The molecule has 1 unspecified atom stereocenters. The number of carbonyl (C=O) groups is 1. The summed E-state index contributed by atoms with van der Waals surface area (Å²) in [7, 11) is 0. The fourth-order valence-electron chi connectivity index (χ4n) is 5.18. The minimum Gasteiger partial charge on any atom is -0.297 e. The maximum absolute atomic E-state index is 12.8. The summed E-state index contributed by atoms with van der Waals surface area (Å²) in [5, 5.41) is 0. The summed E-state index contributed by atoms with van der Waals surface area (Å²) < 4.78 is 0. The van der Waals surface area contributed by atoms with Crippen molar-refractivity contribution in [1.82, 2.24) is 4.90 Å². The van der Waals surface area contributed by atoms with E-state index < -0.39 is 0 Å². The first-order valence-electron chi connectivity index (χ1n) is 9.16. The lowest BCUT2D eigenvalue weighted by Crippen LogP contribution is -2.41. The van der Waals surface area contributed by atoms with Crippen LogP contribution in [0.5, 0.6) is 0 Å². The van der Waals surface area contributed by atoms with Crippen molar-refractivity contribution in [1.29, 1.82) is 0 Å². The molecule has 1 heterocycles. The standard InChI is InChI=1S/C19H33NO/c1-5-20-13-19(12-16(20)17(21)18(2,3)4)11-15(19)14-9-7-6-8-10-14/h14-16H,5-13H2,1-4H3/t15?,16-,19+/m0/s1. The van der Waals surface area contributed by atoms with Gasteiger partial charge < -0.3 is 0 Å². The first kappa shape index (κ1) is 15.5. The fourth-order valence-corrected chi connectivity index (χ4v) is 5.18. The lowest BCUT2D eigenvalue weighted by atomic mass is 9.80. The van der Waals surface area contributed by atoms with Gasteiger partial charge in [-0.15, -0.1) is 0 Å². The van der Waals surface area contributed by atoms with Gasteiger partial charge in [0.05, 0.1) is 6.04 Å². The molecule has 0 N–H and O–H groups in total. The largest absolute Gasteiger partial charge is 0.297 e. The van der Waals surface area contributed by atoms with Crippen molar-refractivity contribution in [3.63, 3.8) is 0 Å². The van der Waals surface area contributed by atoms with Gasteiger partial charge in [0.15, 0.2) is 5.78 Å². The van der Waals surface area contributed by atoms with Crippen molar-refractivity contribution in [3.05, 3.63) is 0 Å². The molecule has 2 aliphatic carbocycles. The van der Waals surface area contributed by atoms with Crippen LogP contribution in [0.3, 0.4) is 0 Å². The average Bonchev–Trinajstić information content (AvgIpc) is 3.02. The van der Waals surface area contributed by atoms with E-state index in [1.807, 2.05) is 0 Å². The van der Waals surface area contributed by atoms with Gasteiger partial charge in [-0.1, -0.05) is 59.8 Å². The SMILES string of the molecule is CCN1C[C@@]2(CC2C2CCCCC2)C[C@H]1C(=O)C(C)(C)C. The maximum Gasteiger partial charge on any atom is 0.155 e. The Morgan fingerprint density at radius 3 is 2.38 bits per heavy atom. The summed E-state index contributed by atoms with van der Waals surface area (Å²) in [6, 6.07) is 0.198. The van der Waals surface area contributed by atoms with Crippen molar-refractivity contribution in [2.75, 3.05) is 13.1 Å². The molecule has 1 saturated heterocycles. The molecule has 0 aromatic carbocycles. The molecule has 21 heavy (non-hydrogen) atoms. The minimum atomic E-state index is -0.196. The predicted molar refractivity (Wildman–Crippen MR) is 87.2 cm³/mol. The number of likely N-dealkylation sites (tertiary alicyclic amines) is 1. The zero-order valence-corrected chi connectivity index (χ0v) is 14.5. The molecular formula is C19H33NO. The van der Waals surface area contributed by atoms with Crippen LogP contribution in [0.4, 0.5) is 0 Å². The molecular weight excluding hydrogens is 258 g/mol. The second kappa shape index (κ2) is 5.37. The number of Topliss-reactive ketones (excluding diaryl/α,β-unsaturated/α-hetero) is 1. The number of hydrogen-bond donors (Lipinski definition) is 0. The summed E-state index contributed by atoms with van der Waals surface area (Å²) in [4.78, 5) is 15.3. The van der Waals surface area contributed by atoms with Gasteiger partial charge in [-0.2, -0.15) is 0 Å². The fraction of sp³-hybridized carbons (Fsp3) is 0.947. The first-order chi connectivity index (χ1) is 9.87. The van der Waals surface area contributed by atoms with E-state index in [9.17, 15) is 4.79 Å². The molecule has 2 saturated carbocycles. The Kier molecular flexibility index (Phi) is 3.97. The lowest BCUT2D eigenvalue weighted by molar-refractivity contribution is -0.130. The van der Waals surface area contributed by atoms with Crippen molar-refractivity contribution in [2.24, 2.45) is 22.7 Å². The Bertz CT molecular complexity index is 404. The molecule has 1 aliphatic heterocycles. The van der Waals surface area contributed by atoms with Crippen LogP contribution in [0.1, 0.15) is 72.6 Å². The van der Waals surface area contributed by atoms with Crippen LogP contribution in [0.2, 0.25) is 0 Å². The Labute approximate surface area is 130 Å². The van der Waals surface area contributed by atoms with Gasteiger partial charge in [-0.3, -0.25) is 9.69 Å². The highest BCUT2D eigenvalue weighted by molar-refractivity contribution is 5.89. The van der Waals surface area contributed by atoms with Crippen molar-refractivity contribution in [3.8, 4) is 0 Å². The summed E-state index contributed by atoms with van der Waals surface area (Å²) in [5.74, 6) is 2.38. The highest BCUT2D eigenvalue weighted by atomic mass is 16.1. The lowest BCUT2D eigenvalue weighted by Gasteiger charge is -2.27. The number of hydrogen-bond acceptors (Lipinski definition) is 2. The maximum atomic E-state index is 12.8. The molecule has 0 bridgehead atoms. The normalized spacial score (nSPS) is 38.1. The Morgan fingerprint density at radius 2 is 1.81 bits per heavy atom. The molecule has 0 radical (unpaired) electrons. The van der Waals surface area contributed by atoms with Gasteiger partial charge in [-0.25, -0.2) is 0 Å². The third-order valence-electron chi connectivity index (χ3n) is 6.48. The van der Waals surface area contributed by atoms with Crippen LogP contribution >= 0.6 is 0 Å². The van der Waals surface area contributed by atoms with Gasteiger partial charge in [-0.05, 0) is 36.6 Å². The molecule has 3 rings (SSSR count). The van der Waals surface area contributed by atoms with Crippen LogP contribution in [0.25, 0.3) is 0 Å². The van der Waals surface area contributed by atoms with E-state index >= 15 is 0 Å². The summed E-state index contributed by atoms with van der Waals surface area (Å²) in [6.07, 6.45) is 9.80. The molecule has 3 fully saturated rings. The summed E-state index contributed by atoms with van der Waals surface area (Å²) in [5.41, 5.74) is 0.322. The number of rotatable bonds is 3. The molecule has 3 aliphatic rings. The highest BCUT2D eigenvalue weighted by Crippen LogP contribution is 2.65. The van der Waals surface area contributed by atoms with E-state index in [2.05, 4.69) is 32.6 Å². The molecule has 0 aromatic heterocycles. The minimum absolute atomic E-state index is 0.196. The third-order valence-corrected chi connectivity index (χ3v) is 6.48. The molecule has 2 nitrogen and oxygen atoms in total. The predicted octanol–water partition coefficient (Wildman–Crippen LogP) is 4.28. The van der Waals surface area contributed by atoms with Crippen LogP contribution in [0.15, 0.2) is 0 Å². The van der Waals surface area contributed by atoms with E-state index in [1.165, 1.54) is 45.1 Å². The second-order valence-electron chi connectivity index (χ2n) is 8.97. The van der Waals surface area contributed by atoms with Gasteiger partial charge in [0.2, 0.25) is 0 Å². The quantitative estimate of drug-likeness (QED) is 0.773. The van der Waals surface area contributed by atoms with E-state index in [0.717, 1.165) is 24.8 Å². The molecule has 0 amide bonds. The number of carbonyl (C=O) groups excluding carboxylic acids is 1. The van der Waals surface area contributed by atoms with Gasteiger partial charge in [0.1, 0.15) is 0 Å². The first-order valence-corrected chi connectivity index (χ1v) is 9.16. The van der Waals surface area contributed by atoms with Crippen LogP contribution in [-0.4, -0.2) is 29.8 Å². The van der Waals surface area contributed by atoms with E-state index in [4.69, 9.17) is 0 Å². The van der Waals surface area contributed by atoms with Crippen molar-refractivity contribution < 1.29 is 4.79 Å². The van der Waals surface area contributed by atoms with E-state index in [1.54, 1.807) is 0 Å². The molecule has 3 atom stereocenters. The van der Waals surface area contributed by atoms with E-state index in [-0.39, 0.29) is 11.5 Å². The molecule has 0 aromatic rings.